The van der Waals surface area contributed by atoms with Crippen molar-refractivity contribution in [2.75, 3.05) is 11.9 Å². The monoisotopic (exact) mass is 280 g/mol. The third kappa shape index (κ3) is 2.56. The minimum Gasteiger partial charge on any atom is -0.369 e. The Morgan fingerprint density at radius 2 is 2.00 bits per heavy atom. The Kier molecular flexibility index (Phi) is 3.28. The summed E-state index contributed by atoms with van der Waals surface area (Å²) in [6.45, 7) is 6.84. The molecule has 1 aromatic carbocycles. The van der Waals surface area contributed by atoms with E-state index < -0.39 is 0 Å². The van der Waals surface area contributed by atoms with Gasteiger partial charge in [0.05, 0.1) is 11.3 Å². The number of nitrogens with one attached hydrogen (secondary N) is 1. The molecule has 21 heavy (non-hydrogen) atoms. The van der Waals surface area contributed by atoms with E-state index in [1.807, 2.05) is 38.1 Å². The molecule has 0 saturated heterocycles. The van der Waals surface area contributed by atoms with Gasteiger partial charge in [-0.1, -0.05) is 37.6 Å². The number of pyridine rings is 1. The van der Waals surface area contributed by atoms with Crippen molar-refractivity contribution in [2.45, 2.75) is 27.2 Å². The van der Waals surface area contributed by atoms with E-state index in [0.717, 1.165) is 24.2 Å². The summed E-state index contributed by atoms with van der Waals surface area (Å²) in [6.07, 6.45) is 0.821. The fraction of sp³-hybridized carbons (Fsp3) is 0.333. The smallest absolute Gasteiger partial charge is 0.172 e. The SMILES string of the molecule is Cc1cccc(-c2ccc3c(n2)NCCC(C)(C)C3=O)c1. The van der Waals surface area contributed by atoms with Crippen molar-refractivity contribution < 1.29 is 4.79 Å². The highest BCUT2D eigenvalue weighted by Crippen LogP contribution is 2.33. The van der Waals surface area contributed by atoms with E-state index in [9.17, 15) is 4.79 Å². The van der Waals surface area contributed by atoms with Crippen molar-refractivity contribution in [3.05, 3.63) is 47.5 Å². The van der Waals surface area contributed by atoms with Crippen LogP contribution in [0.25, 0.3) is 11.3 Å². The Bertz CT molecular complexity index is 704. The van der Waals surface area contributed by atoms with Crippen LogP contribution in [0.3, 0.4) is 0 Å². The van der Waals surface area contributed by atoms with Gasteiger partial charge in [-0.3, -0.25) is 4.79 Å². The molecular formula is C18H20N2O. The summed E-state index contributed by atoms with van der Waals surface area (Å²) in [6, 6.07) is 12.1. The van der Waals surface area contributed by atoms with E-state index in [2.05, 4.69) is 29.4 Å². The van der Waals surface area contributed by atoms with E-state index in [4.69, 9.17) is 0 Å². The maximum atomic E-state index is 12.6. The maximum absolute atomic E-state index is 12.6. The molecule has 0 aliphatic carbocycles. The molecular weight excluding hydrogens is 260 g/mol. The van der Waals surface area contributed by atoms with Crippen molar-refractivity contribution in [2.24, 2.45) is 5.41 Å². The largest absolute Gasteiger partial charge is 0.369 e. The number of hydrogen-bond acceptors (Lipinski definition) is 3. The van der Waals surface area contributed by atoms with Gasteiger partial charge in [-0.2, -0.15) is 0 Å². The van der Waals surface area contributed by atoms with Crippen LogP contribution in [0.5, 0.6) is 0 Å². The quantitative estimate of drug-likeness (QED) is 0.855. The van der Waals surface area contributed by atoms with Crippen LogP contribution in [0.4, 0.5) is 5.82 Å². The van der Waals surface area contributed by atoms with Gasteiger partial charge < -0.3 is 5.32 Å². The number of rotatable bonds is 1. The normalized spacial score (nSPS) is 16.8. The number of benzene rings is 1. The molecule has 3 heteroatoms. The lowest BCUT2D eigenvalue weighted by atomic mass is 9.82. The average molecular weight is 280 g/mol. The number of aryl methyl sites for hydroxylation is 1. The number of Topliss-reactive ketones (excluding diaryl/α,β-unsaturated/α-hetero) is 1. The summed E-state index contributed by atoms with van der Waals surface area (Å²) in [4.78, 5) is 17.2. The van der Waals surface area contributed by atoms with Crippen LogP contribution in [0, 0.1) is 12.3 Å². The second-order valence-electron chi connectivity index (χ2n) is 6.35. The maximum Gasteiger partial charge on any atom is 0.172 e. The molecule has 0 fully saturated rings. The second kappa shape index (κ2) is 4.99. The van der Waals surface area contributed by atoms with Crippen LogP contribution in [0.1, 0.15) is 36.2 Å². The molecule has 0 bridgehead atoms. The van der Waals surface area contributed by atoms with E-state index in [1.165, 1.54) is 5.56 Å². The van der Waals surface area contributed by atoms with Crippen LogP contribution in [0.15, 0.2) is 36.4 Å². The summed E-state index contributed by atoms with van der Waals surface area (Å²) < 4.78 is 0. The Balaban J connectivity index is 2.06. The molecule has 0 saturated carbocycles. The number of ketones is 1. The molecule has 1 aliphatic rings. The lowest BCUT2D eigenvalue weighted by Gasteiger charge is -2.19. The molecule has 1 N–H and O–H groups in total. The Morgan fingerprint density at radius 1 is 1.19 bits per heavy atom. The zero-order valence-corrected chi connectivity index (χ0v) is 12.7. The molecule has 3 rings (SSSR count). The summed E-state index contributed by atoms with van der Waals surface area (Å²) >= 11 is 0. The van der Waals surface area contributed by atoms with Gasteiger partial charge in [0.2, 0.25) is 0 Å². The number of aromatic nitrogens is 1. The third-order valence-electron chi connectivity index (χ3n) is 4.11. The Morgan fingerprint density at radius 3 is 2.76 bits per heavy atom. The van der Waals surface area contributed by atoms with Crippen molar-refractivity contribution in [1.82, 2.24) is 4.98 Å². The van der Waals surface area contributed by atoms with E-state index in [0.29, 0.717) is 11.4 Å². The van der Waals surface area contributed by atoms with Crippen LogP contribution >= 0.6 is 0 Å². The molecule has 0 amide bonds. The number of carbonyl (C=O) groups is 1. The van der Waals surface area contributed by atoms with Gasteiger partial charge in [-0.05, 0) is 31.5 Å². The lowest BCUT2D eigenvalue weighted by molar-refractivity contribution is 0.0835. The van der Waals surface area contributed by atoms with Gasteiger partial charge in [0.1, 0.15) is 5.82 Å². The zero-order chi connectivity index (χ0) is 15.0. The predicted octanol–water partition coefficient (Wildman–Crippen LogP) is 4.08. The van der Waals surface area contributed by atoms with Crippen molar-refractivity contribution in [3.8, 4) is 11.3 Å². The van der Waals surface area contributed by atoms with Crippen LogP contribution in [-0.2, 0) is 0 Å². The number of fused-ring (bicyclic) bond motifs is 1. The van der Waals surface area contributed by atoms with E-state index in [1.54, 1.807) is 0 Å². The van der Waals surface area contributed by atoms with Crippen LogP contribution in [-0.4, -0.2) is 17.3 Å². The molecule has 2 aromatic rings. The fourth-order valence-corrected chi connectivity index (χ4v) is 2.71. The van der Waals surface area contributed by atoms with Gasteiger partial charge in [0.25, 0.3) is 0 Å². The van der Waals surface area contributed by atoms with Crippen LogP contribution < -0.4 is 5.32 Å². The zero-order valence-electron chi connectivity index (χ0n) is 12.7. The van der Waals surface area contributed by atoms with Crippen molar-refractivity contribution >= 4 is 11.6 Å². The summed E-state index contributed by atoms with van der Waals surface area (Å²) in [7, 11) is 0. The topological polar surface area (TPSA) is 42.0 Å². The minimum atomic E-state index is -0.329. The van der Waals surface area contributed by atoms with Gasteiger partial charge in [-0.25, -0.2) is 4.98 Å². The third-order valence-corrected chi connectivity index (χ3v) is 4.11. The highest BCUT2D eigenvalue weighted by atomic mass is 16.1. The van der Waals surface area contributed by atoms with Crippen molar-refractivity contribution in [1.29, 1.82) is 0 Å². The van der Waals surface area contributed by atoms with E-state index >= 15 is 0 Å². The summed E-state index contributed by atoms with van der Waals surface area (Å²) in [5.74, 6) is 0.885. The fourth-order valence-electron chi connectivity index (χ4n) is 2.71. The molecule has 0 unspecified atom stereocenters. The van der Waals surface area contributed by atoms with Gasteiger partial charge >= 0.3 is 0 Å². The van der Waals surface area contributed by atoms with Gasteiger partial charge in [-0.15, -0.1) is 0 Å². The molecule has 1 aromatic heterocycles. The molecule has 108 valence electrons. The molecule has 2 heterocycles. The van der Waals surface area contributed by atoms with Crippen LogP contribution in [0.2, 0.25) is 0 Å². The first-order chi connectivity index (χ1) is 9.97. The van der Waals surface area contributed by atoms with Gasteiger partial charge in [0.15, 0.2) is 5.78 Å². The Labute approximate surface area is 125 Å². The van der Waals surface area contributed by atoms with E-state index in [-0.39, 0.29) is 11.2 Å². The molecule has 0 atom stereocenters. The summed E-state index contributed by atoms with van der Waals surface area (Å²) in [5.41, 5.74) is 3.56. The molecule has 0 radical (unpaired) electrons. The highest BCUT2D eigenvalue weighted by molar-refractivity contribution is 6.04. The number of carbonyl (C=O) groups excluding carboxylic acids is 1. The summed E-state index contributed by atoms with van der Waals surface area (Å²) in [5, 5.41) is 3.30. The number of hydrogen-bond donors (Lipinski definition) is 1. The first kappa shape index (κ1) is 13.8. The minimum absolute atomic E-state index is 0.172. The Hall–Kier alpha value is -2.16. The standard InChI is InChI=1S/C18H20N2O/c1-12-5-4-6-13(11-12)15-8-7-14-16(21)18(2,3)9-10-19-17(14)20-15/h4-8,11H,9-10H2,1-3H3,(H,19,20). The number of anilines is 1. The predicted molar refractivity (Wildman–Crippen MR) is 85.6 cm³/mol. The molecule has 3 nitrogen and oxygen atoms in total. The van der Waals surface area contributed by atoms with Gasteiger partial charge in [0, 0.05) is 17.5 Å². The first-order valence-electron chi connectivity index (χ1n) is 7.34. The molecule has 0 spiro atoms. The average Bonchev–Trinajstić information content (AvgIpc) is 2.56. The molecule has 1 aliphatic heterocycles. The van der Waals surface area contributed by atoms with Crippen molar-refractivity contribution in [3.63, 3.8) is 0 Å². The second-order valence-corrected chi connectivity index (χ2v) is 6.35. The first-order valence-corrected chi connectivity index (χ1v) is 7.34. The highest BCUT2D eigenvalue weighted by Gasteiger charge is 2.32. The lowest BCUT2D eigenvalue weighted by Crippen LogP contribution is -2.24. The number of nitrogens with zero attached hydrogens (tertiary/aromatic N) is 1.